The van der Waals surface area contributed by atoms with Crippen LogP contribution in [0.1, 0.15) is 35.2 Å². The molecule has 0 bridgehead atoms. The highest BCUT2D eigenvalue weighted by Crippen LogP contribution is 2.26. The van der Waals surface area contributed by atoms with Crippen LogP contribution in [0.25, 0.3) is 0 Å². The summed E-state index contributed by atoms with van der Waals surface area (Å²) in [5.74, 6) is 0.697. The molecule has 1 saturated heterocycles. The number of nitrogens with one attached hydrogen (secondary N) is 2. The molecule has 24 heavy (non-hydrogen) atoms. The Kier molecular flexibility index (Phi) is 4.21. The maximum Gasteiger partial charge on any atom is 0.227 e. The number of benzene rings is 1. The van der Waals surface area contributed by atoms with Crippen molar-refractivity contribution in [1.29, 1.82) is 0 Å². The van der Waals surface area contributed by atoms with Crippen LogP contribution in [-0.2, 0) is 13.1 Å². The van der Waals surface area contributed by atoms with Gasteiger partial charge in [-0.3, -0.25) is 4.90 Å². The van der Waals surface area contributed by atoms with Gasteiger partial charge in [0.05, 0.1) is 5.69 Å². The first-order chi connectivity index (χ1) is 11.7. The van der Waals surface area contributed by atoms with Crippen molar-refractivity contribution >= 4 is 11.6 Å². The van der Waals surface area contributed by atoms with Crippen molar-refractivity contribution in [2.45, 2.75) is 45.8 Å². The molecule has 5 heteroatoms. The summed E-state index contributed by atoms with van der Waals surface area (Å²) in [5, 5.41) is 6.86. The molecule has 3 heterocycles. The topological polar surface area (TPSA) is 53.1 Å². The standard InChI is InChI=1S/C19H25N5/c1-13-6-14(2)8-16(7-13)22-19-21-9-15-11-24(12-18(15)23-19)17-4-3-5-20-10-17/h6-9,17,20H,3-5,10-12H2,1-2H3,(H,21,22,23). The fraction of sp³-hybridized carbons (Fsp3) is 0.474. The normalized spacial score (nSPS) is 20.8. The van der Waals surface area contributed by atoms with Crippen LogP contribution in [0.15, 0.2) is 24.4 Å². The maximum absolute atomic E-state index is 4.77. The summed E-state index contributed by atoms with van der Waals surface area (Å²) in [4.78, 5) is 11.8. The molecule has 1 unspecified atom stereocenters. The van der Waals surface area contributed by atoms with E-state index < -0.39 is 0 Å². The minimum absolute atomic E-state index is 0.629. The minimum atomic E-state index is 0.629. The molecule has 4 rings (SSSR count). The van der Waals surface area contributed by atoms with E-state index >= 15 is 0 Å². The highest BCUT2D eigenvalue weighted by molar-refractivity contribution is 5.56. The van der Waals surface area contributed by atoms with Gasteiger partial charge in [-0.1, -0.05) is 6.07 Å². The van der Waals surface area contributed by atoms with E-state index in [1.54, 1.807) is 0 Å². The lowest BCUT2D eigenvalue weighted by molar-refractivity contribution is 0.166. The SMILES string of the molecule is Cc1cc(C)cc(Nc2ncc3c(n2)CN(C2CCCNC2)C3)c1. The Balaban J connectivity index is 1.49. The molecule has 2 aliphatic heterocycles. The predicted octanol–water partition coefficient (Wildman–Crippen LogP) is 2.90. The van der Waals surface area contributed by atoms with Gasteiger partial charge in [0.25, 0.3) is 0 Å². The van der Waals surface area contributed by atoms with E-state index in [0.717, 1.165) is 31.9 Å². The molecule has 2 aliphatic rings. The van der Waals surface area contributed by atoms with Crippen LogP contribution < -0.4 is 10.6 Å². The molecule has 1 fully saturated rings. The summed E-state index contributed by atoms with van der Waals surface area (Å²) in [6, 6.07) is 7.06. The molecule has 5 nitrogen and oxygen atoms in total. The molecule has 126 valence electrons. The van der Waals surface area contributed by atoms with E-state index in [1.807, 2.05) is 6.20 Å². The van der Waals surface area contributed by atoms with Crippen LogP contribution in [-0.4, -0.2) is 34.0 Å². The second-order valence-electron chi connectivity index (χ2n) is 7.07. The first-order valence-corrected chi connectivity index (χ1v) is 8.82. The van der Waals surface area contributed by atoms with Crippen molar-refractivity contribution in [3.8, 4) is 0 Å². The van der Waals surface area contributed by atoms with Crippen LogP contribution in [0, 0.1) is 13.8 Å². The molecule has 0 saturated carbocycles. The summed E-state index contributed by atoms with van der Waals surface area (Å²) in [7, 11) is 0. The highest BCUT2D eigenvalue weighted by Gasteiger charge is 2.28. The zero-order valence-corrected chi connectivity index (χ0v) is 14.5. The second-order valence-corrected chi connectivity index (χ2v) is 7.07. The molecular weight excluding hydrogens is 298 g/mol. The summed E-state index contributed by atoms with van der Waals surface area (Å²) in [6.45, 7) is 8.38. The fourth-order valence-electron chi connectivity index (χ4n) is 3.82. The number of piperidine rings is 1. The van der Waals surface area contributed by atoms with Gasteiger partial charge in [-0.05, 0) is 56.5 Å². The van der Waals surface area contributed by atoms with Crippen LogP contribution >= 0.6 is 0 Å². The summed E-state index contributed by atoms with van der Waals surface area (Å²) in [5.41, 5.74) is 5.98. The number of rotatable bonds is 3. The van der Waals surface area contributed by atoms with Gasteiger partial charge in [-0.25, -0.2) is 9.97 Å². The summed E-state index contributed by atoms with van der Waals surface area (Å²) in [6.07, 6.45) is 4.54. The molecule has 1 atom stereocenters. The molecule has 0 amide bonds. The van der Waals surface area contributed by atoms with Crippen LogP contribution in [0.5, 0.6) is 0 Å². The van der Waals surface area contributed by atoms with Crippen molar-refractivity contribution in [2.24, 2.45) is 0 Å². The molecule has 1 aromatic carbocycles. The molecule has 0 aliphatic carbocycles. The van der Waals surface area contributed by atoms with Gasteiger partial charge >= 0.3 is 0 Å². The Morgan fingerprint density at radius 3 is 2.75 bits per heavy atom. The number of aromatic nitrogens is 2. The summed E-state index contributed by atoms with van der Waals surface area (Å²) < 4.78 is 0. The molecule has 2 N–H and O–H groups in total. The highest BCUT2D eigenvalue weighted by atomic mass is 15.2. The number of anilines is 2. The number of aryl methyl sites for hydroxylation is 2. The Morgan fingerprint density at radius 1 is 1.17 bits per heavy atom. The van der Waals surface area contributed by atoms with Gasteiger partial charge < -0.3 is 10.6 Å². The number of fused-ring (bicyclic) bond motifs is 1. The van der Waals surface area contributed by atoms with E-state index in [0.29, 0.717) is 12.0 Å². The quantitative estimate of drug-likeness (QED) is 0.909. The monoisotopic (exact) mass is 323 g/mol. The van der Waals surface area contributed by atoms with E-state index in [-0.39, 0.29) is 0 Å². The Labute approximate surface area is 143 Å². The molecule has 0 radical (unpaired) electrons. The van der Waals surface area contributed by atoms with E-state index in [1.165, 1.54) is 35.2 Å². The van der Waals surface area contributed by atoms with Gasteiger partial charge in [0, 0.05) is 43.1 Å². The fourth-order valence-corrected chi connectivity index (χ4v) is 3.82. The smallest absolute Gasteiger partial charge is 0.227 e. The third-order valence-electron chi connectivity index (χ3n) is 4.95. The van der Waals surface area contributed by atoms with E-state index in [9.17, 15) is 0 Å². The van der Waals surface area contributed by atoms with Gasteiger partial charge in [0.2, 0.25) is 5.95 Å². The van der Waals surface area contributed by atoms with Crippen LogP contribution in [0.3, 0.4) is 0 Å². The van der Waals surface area contributed by atoms with E-state index in [4.69, 9.17) is 4.98 Å². The molecule has 1 aromatic heterocycles. The van der Waals surface area contributed by atoms with E-state index in [2.05, 4.69) is 52.6 Å². The van der Waals surface area contributed by atoms with Crippen molar-refractivity contribution in [3.05, 3.63) is 46.8 Å². The lowest BCUT2D eigenvalue weighted by Gasteiger charge is -2.30. The second kappa shape index (κ2) is 6.49. The first kappa shape index (κ1) is 15.5. The Morgan fingerprint density at radius 2 is 2.00 bits per heavy atom. The molecular formula is C19H25N5. The third-order valence-corrected chi connectivity index (χ3v) is 4.95. The van der Waals surface area contributed by atoms with Crippen molar-refractivity contribution in [2.75, 3.05) is 18.4 Å². The van der Waals surface area contributed by atoms with Crippen molar-refractivity contribution in [1.82, 2.24) is 20.2 Å². The first-order valence-electron chi connectivity index (χ1n) is 8.82. The lowest BCUT2D eigenvalue weighted by Crippen LogP contribution is -2.43. The number of hydrogen-bond acceptors (Lipinski definition) is 5. The average Bonchev–Trinajstić information content (AvgIpc) is 2.98. The Hall–Kier alpha value is -1.98. The minimum Gasteiger partial charge on any atom is -0.324 e. The molecule has 2 aromatic rings. The van der Waals surface area contributed by atoms with Gasteiger partial charge in [0.1, 0.15) is 0 Å². The Bertz CT molecular complexity index is 716. The predicted molar refractivity (Wildman–Crippen MR) is 96.4 cm³/mol. The maximum atomic E-state index is 4.77. The average molecular weight is 323 g/mol. The zero-order chi connectivity index (χ0) is 16.5. The third kappa shape index (κ3) is 3.28. The number of nitrogens with zero attached hydrogens (tertiary/aromatic N) is 3. The number of hydrogen-bond donors (Lipinski definition) is 2. The zero-order valence-electron chi connectivity index (χ0n) is 14.5. The van der Waals surface area contributed by atoms with Crippen molar-refractivity contribution < 1.29 is 0 Å². The lowest BCUT2D eigenvalue weighted by atomic mass is 10.1. The summed E-state index contributed by atoms with van der Waals surface area (Å²) >= 11 is 0. The van der Waals surface area contributed by atoms with Gasteiger partial charge in [-0.15, -0.1) is 0 Å². The van der Waals surface area contributed by atoms with Crippen molar-refractivity contribution in [3.63, 3.8) is 0 Å². The largest absolute Gasteiger partial charge is 0.324 e. The van der Waals surface area contributed by atoms with Gasteiger partial charge in [0.15, 0.2) is 0 Å². The van der Waals surface area contributed by atoms with Gasteiger partial charge in [-0.2, -0.15) is 0 Å². The van der Waals surface area contributed by atoms with Crippen LogP contribution in [0.2, 0.25) is 0 Å². The van der Waals surface area contributed by atoms with Crippen LogP contribution in [0.4, 0.5) is 11.6 Å². The molecule has 0 spiro atoms.